The lowest BCUT2D eigenvalue weighted by Crippen LogP contribution is -2.49. The van der Waals surface area contributed by atoms with Gasteiger partial charge in [0.2, 0.25) is 5.91 Å². The summed E-state index contributed by atoms with van der Waals surface area (Å²) in [7, 11) is -8.26. The highest BCUT2D eigenvalue weighted by molar-refractivity contribution is 7.92. The van der Waals surface area contributed by atoms with Gasteiger partial charge < -0.3 is 39.1 Å². The molecule has 0 aromatic heterocycles. The molecule has 2 atom stereocenters. The molecule has 3 aromatic carbocycles. The quantitative estimate of drug-likeness (QED) is 0.154. The molecule has 0 saturated carbocycles. The van der Waals surface area contributed by atoms with Gasteiger partial charge in [0, 0.05) is 24.1 Å². The van der Waals surface area contributed by atoms with Crippen molar-refractivity contribution in [2.75, 3.05) is 77.5 Å². The second-order valence-electron chi connectivity index (χ2n) is 16.1. The summed E-state index contributed by atoms with van der Waals surface area (Å²) in [4.78, 5) is 53.9. The van der Waals surface area contributed by atoms with E-state index in [1.165, 1.54) is 48.5 Å². The minimum Gasteiger partial charge on any atom is -0.460 e. The summed E-state index contributed by atoms with van der Waals surface area (Å²) >= 11 is 0. The van der Waals surface area contributed by atoms with Crippen LogP contribution in [0.25, 0.3) is 0 Å². The van der Waals surface area contributed by atoms with Crippen molar-refractivity contribution in [2.45, 2.75) is 75.0 Å². The van der Waals surface area contributed by atoms with Gasteiger partial charge in [0.1, 0.15) is 11.6 Å². The zero-order valence-corrected chi connectivity index (χ0v) is 38.2. The first-order chi connectivity index (χ1) is 29.8. The first-order valence-electron chi connectivity index (χ1n) is 20.8. The minimum absolute atomic E-state index is 0.00114. The minimum atomic E-state index is -4.13. The number of carbonyl (C=O) groups excluding carboxylic acids is 4. The van der Waals surface area contributed by atoms with Gasteiger partial charge in [-0.15, -0.1) is 0 Å². The van der Waals surface area contributed by atoms with E-state index in [1.54, 1.807) is 58.9 Å². The summed E-state index contributed by atoms with van der Waals surface area (Å²) in [6, 6.07) is 16.1. The van der Waals surface area contributed by atoms with Crippen molar-refractivity contribution in [3.63, 3.8) is 0 Å². The molecule has 3 aromatic rings. The molecular formula is C45H60N2O14S2. The maximum Gasteiger partial charge on any atom is 0.306 e. The van der Waals surface area contributed by atoms with E-state index in [1.807, 2.05) is 0 Å². The molecule has 0 aliphatic carbocycles. The molecule has 0 spiro atoms. The Morgan fingerprint density at radius 3 is 1.62 bits per heavy atom. The molecule has 1 unspecified atom stereocenters. The van der Waals surface area contributed by atoms with Crippen molar-refractivity contribution in [3.05, 3.63) is 95.1 Å². The predicted octanol–water partition coefficient (Wildman–Crippen LogP) is 3.85. The van der Waals surface area contributed by atoms with Gasteiger partial charge >= 0.3 is 5.97 Å². The van der Waals surface area contributed by atoms with Crippen LogP contribution in [0.1, 0.15) is 65.5 Å². The summed E-state index contributed by atoms with van der Waals surface area (Å²) in [6.07, 6.45) is -0.912. The predicted molar refractivity (Wildman–Crippen MR) is 233 cm³/mol. The summed E-state index contributed by atoms with van der Waals surface area (Å²) in [5, 5.41) is 5.45. The van der Waals surface area contributed by atoms with Crippen molar-refractivity contribution in [2.24, 2.45) is 5.92 Å². The van der Waals surface area contributed by atoms with Crippen LogP contribution in [0.3, 0.4) is 0 Å². The maximum absolute atomic E-state index is 14.1. The topological polar surface area (TPSA) is 216 Å². The van der Waals surface area contributed by atoms with Gasteiger partial charge in [0.25, 0.3) is 5.91 Å². The highest BCUT2D eigenvalue weighted by atomic mass is 32.2. The number of hydrogen-bond donors (Lipinski definition) is 2. The third-order valence-electron chi connectivity index (χ3n) is 9.59. The van der Waals surface area contributed by atoms with Gasteiger partial charge in [-0.3, -0.25) is 19.2 Å². The second kappa shape index (κ2) is 24.5. The van der Waals surface area contributed by atoms with Crippen LogP contribution < -0.4 is 10.6 Å². The molecule has 0 radical (unpaired) electrons. The Labute approximate surface area is 370 Å². The SMILES string of the molecule is Cc1ccc(S(=O)(=O)CC(CS(=O)(=O)c2ccc(C)cc2)C(=O)c2ccc(C(=O)N[C@H](CCC(=O)OC(C)(C)C)C(=O)NCC3COCCOCCOCCOCCO3)cc2)cc1. The van der Waals surface area contributed by atoms with Crippen molar-refractivity contribution in [1.82, 2.24) is 10.6 Å². The van der Waals surface area contributed by atoms with E-state index in [9.17, 15) is 36.0 Å². The zero-order chi connectivity index (χ0) is 46.0. The zero-order valence-electron chi connectivity index (χ0n) is 36.6. The summed E-state index contributed by atoms with van der Waals surface area (Å²) in [5.41, 5.74) is 0.858. The van der Waals surface area contributed by atoms with Crippen molar-refractivity contribution in [3.8, 4) is 0 Å². The van der Waals surface area contributed by atoms with Gasteiger partial charge in [0.15, 0.2) is 25.5 Å². The van der Waals surface area contributed by atoms with E-state index in [4.69, 9.17) is 28.4 Å². The highest BCUT2D eigenvalue weighted by Crippen LogP contribution is 2.23. The molecule has 2 N–H and O–H groups in total. The number of ether oxygens (including phenoxy) is 6. The third kappa shape index (κ3) is 17.9. The number of rotatable bonds is 16. The van der Waals surface area contributed by atoms with E-state index < -0.39 is 78.4 Å². The molecule has 346 valence electrons. The Kier molecular flexibility index (Phi) is 19.9. The molecular weight excluding hydrogens is 857 g/mol. The number of carbonyl (C=O) groups is 4. The normalized spacial score (nSPS) is 16.8. The van der Waals surface area contributed by atoms with Gasteiger partial charge in [-0.2, -0.15) is 0 Å². The molecule has 1 aliphatic rings. The fourth-order valence-corrected chi connectivity index (χ4v) is 9.48. The highest BCUT2D eigenvalue weighted by Gasteiger charge is 2.33. The van der Waals surface area contributed by atoms with Crippen LogP contribution in [-0.4, -0.2) is 136 Å². The van der Waals surface area contributed by atoms with Crippen molar-refractivity contribution < 1.29 is 64.4 Å². The van der Waals surface area contributed by atoms with Crippen LogP contribution in [0.15, 0.2) is 82.6 Å². The van der Waals surface area contributed by atoms with Gasteiger partial charge in [0.05, 0.1) is 92.8 Å². The number of aryl methyl sites for hydroxylation is 2. The van der Waals surface area contributed by atoms with Crippen molar-refractivity contribution in [1.29, 1.82) is 0 Å². The number of Topliss-reactive ketones (excluding diaryl/α,β-unsaturated/α-hetero) is 1. The van der Waals surface area contributed by atoms with Crippen LogP contribution >= 0.6 is 0 Å². The van der Waals surface area contributed by atoms with Gasteiger partial charge in [-0.05, 0) is 77.4 Å². The van der Waals surface area contributed by atoms with Crippen molar-refractivity contribution >= 4 is 43.2 Å². The summed E-state index contributed by atoms with van der Waals surface area (Å²) in [5.74, 6) is -5.73. The number of ketones is 1. The van der Waals surface area contributed by atoms with E-state index in [2.05, 4.69) is 10.6 Å². The number of hydrogen-bond acceptors (Lipinski definition) is 14. The monoisotopic (exact) mass is 916 g/mol. The van der Waals surface area contributed by atoms with Crippen LogP contribution in [-0.2, 0) is 57.7 Å². The molecule has 4 rings (SSSR count). The third-order valence-corrected chi connectivity index (χ3v) is 13.3. The summed E-state index contributed by atoms with van der Waals surface area (Å²) in [6.45, 7) is 11.5. The number of esters is 1. The lowest BCUT2D eigenvalue weighted by Gasteiger charge is -2.23. The molecule has 1 fully saturated rings. The fraction of sp³-hybridized carbons (Fsp3) is 0.511. The first kappa shape index (κ1) is 51.1. The number of sulfone groups is 2. The number of nitrogens with one attached hydrogen (secondary N) is 2. The van der Waals surface area contributed by atoms with E-state index in [-0.39, 0.29) is 66.7 Å². The number of benzene rings is 3. The smallest absolute Gasteiger partial charge is 0.306 e. The van der Waals surface area contributed by atoms with E-state index in [0.29, 0.717) is 33.0 Å². The molecule has 16 nitrogen and oxygen atoms in total. The molecule has 1 aliphatic heterocycles. The van der Waals surface area contributed by atoms with Crippen LogP contribution in [0.5, 0.6) is 0 Å². The average Bonchev–Trinajstić information content (AvgIpc) is 3.23. The van der Waals surface area contributed by atoms with Crippen LogP contribution in [0, 0.1) is 19.8 Å². The standard InChI is InChI=1S/C45H60N2O14S2/c1-32-6-14-38(15-7-32)62(52,53)30-36(31-63(54,55)39-16-8-33(2)9-17-39)42(49)34-10-12-35(13-11-34)43(50)47-40(18-19-41(48)61-45(3,4)5)44(51)46-28-37-29-59-25-24-57-21-20-56-22-23-58-26-27-60-37/h6-17,36-37,40H,18-31H2,1-5H3,(H,46,51)(H,47,50)/t37?,40-/m1/s1. The largest absolute Gasteiger partial charge is 0.460 e. The number of amides is 2. The molecule has 2 amide bonds. The molecule has 1 heterocycles. The lowest BCUT2D eigenvalue weighted by molar-refractivity contribution is -0.155. The Morgan fingerprint density at radius 2 is 1.13 bits per heavy atom. The maximum atomic E-state index is 14.1. The molecule has 63 heavy (non-hydrogen) atoms. The lowest BCUT2D eigenvalue weighted by atomic mass is 9.99. The average molecular weight is 917 g/mol. The van der Waals surface area contributed by atoms with Crippen LogP contribution in [0.4, 0.5) is 0 Å². The molecule has 18 heteroatoms. The Bertz CT molecular complexity index is 2080. The fourth-order valence-electron chi connectivity index (χ4n) is 6.25. The Hall–Kier alpha value is -4.56. The van der Waals surface area contributed by atoms with E-state index >= 15 is 0 Å². The summed E-state index contributed by atoms with van der Waals surface area (Å²) < 4.78 is 87.8. The Balaban J connectivity index is 1.51. The first-order valence-corrected chi connectivity index (χ1v) is 24.1. The van der Waals surface area contributed by atoms with E-state index in [0.717, 1.165) is 11.1 Å². The molecule has 0 bridgehead atoms. The van der Waals surface area contributed by atoms with Gasteiger partial charge in [-0.1, -0.05) is 47.5 Å². The Morgan fingerprint density at radius 1 is 0.667 bits per heavy atom. The van der Waals surface area contributed by atoms with Crippen LogP contribution in [0.2, 0.25) is 0 Å². The molecule has 1 saturated heterocycles. The second-order valence-corrected chi connectivity index (χ2v) is 20.2. The van der Waals surface area contributed by atoms with Gasteiger partial charge in [-0.25, -0.2) is 16.8 Å².